The Morgan fingerprint density at radius 2 is 1.92 bits per heavy atom. The van der Waals surface area contributed by atoms with Gasteiger partial charge in [0.05, 0.1) is 23.6 Å². The van der Waals surface area contributed by atoms with Crippen molar-refractivity contribution in [2.45, 2.75) is 64.2 Å². The average Bonchev–Trinajstić information content (AvgIpc) is 3.58. The van der Waals surface area contributed by atoms with Gasteiger partial charge in [-0.05, 0) is 37.0 Å². The molecular weight excluding hydrogens is 473 g/mol. The highest BCUT2D eigenvalue weighted by molar-refractivity contribution is 5.96. The van der Waals surface area contributed by atoms with Gasteiger partial charge in [0, 0.05) is 31.0 Å². The number of carbonyl (C=O) groups is 1. The topological polar surface area (TPSA) is 88.2 Å². The molecule has 3 aromatic rings. The summed E-state index contributed by atoms with van der Waals surface area (Å²) in [5.41, 5.74) is 2.94. The van der Waals surface area contributed by atoms with Crippen LogP contribution in [0.15, 0.2) is 64.3 Å². The Kier molecular flexibility index (Phi) is 6.62. The molecule has 37 heavy (non-hydrogen) atoms. The van der Waals surface area contributed by atoms with E-state index in [0.717, 1.165) is 22.5 Å². The van der Waals surface area contributed by atoms with Gasteiger partial charge >= 0.3 is 0 Å². The molecule has 1 aromatic heterocycles. The van der Waals surface area contributed by atoms with E-state index in [1.54, 1.807) is 23.1 Å². The first-order valence-electron chi connectivity index (χ1n) is 12.7. The van der Waals surface area contributed by atoms with Crippen LogP contribution < -0.4 is 0 Å². The van der Waals surface area contributed by atoms with Crippen LogP contribution in [0.2, 0.25) is 0 Å². The molecule has 1 saturated heterocycles. The molecule has 1 N–H and O–H groups in total. The summed E-state index contributed by atoms with van der Waals surface area (Å²) in [7, 11) is 0. The average molecular weight is 506 g/mol. The molecule has 0 aliphatic carbocycles. The van der Waals surface area contributed by atoms with Crippen LogP contribution in [-0.4, -0.2) is 45.5 Å². The lowest BCUT2D eigenvalue weighted by molar-refractivity contribution is -0.134. The van der Waals surface area contributed by atoms with E-state index >= 15 is 0 Å². The number of aryl methyl sites for hydroxylation is 1. The minimum atomic E-state index is -0.731. The fraction of sp³-hybridized carbons (Fsp3) is 0.414. The van der Waals surface area contributed by atoms with Gasteiger partial charge in [-0.2, -0.15) is 0 Å². The second kappa shape index (κ2) is 9.74. The van der Waals surface area contributed by atoms with Crippen molar-refractivity contribution in [2.75, 3.05) is 6.54 Å². The maximum Gasteiger partial charge on any atom is 0.234 e. The molecule has 0 unspecified atom stereocenters. The second-order valence-electron chi connectivity index (χ2n) is 10.6. The zero-order chi connectivity index (χ0) is 26.3. The first kappa shape index (κ1) is 25.1. The summed E-state index contributed by atoms with van der Waals surface area (Å²) in [6.45, 7) is 7.95. The van der Waals surface area contributed by atoms with Gasteiger partial charge in [0.2, 0.25) is 5.91 Å². The first-order chi connectivity index (χ1) is 17.7. The Morgan fingerprint density at radius 3 is 2.57 bits per heavy atom. The summed E-state index contributed by atoms with van der Waals surface area (Å²) in [5, 5.41) is 18.9. The van der Waals surface area contributed by atoms with Gasteiger partial charge < -0.3 is 19.4 Å². The molecule has 194 valence electrons. The van der Waals surface area contributed by atoms with Crippen LogP contribution in [0, 0.1) is 18.7 Å². The van der Waals surface area contributed by atoms with Crippen LogP contribution in [0.4, 0.5) is 4.39 Å². The summed E-state index contributed by atoms with van der Waals surface area (Å²) < 4.78 is 19.7. The van der Waals surface area contributed by atoms with E-state index in [9.17, 15) is 14.3 Å². The maximum absolute atomic E-state index is 14.2. The van der Waals surface area contributed by atoms with Crippen LogP contribution in [-0.2, 0) is 15.2 Å². The molecule has 0 saturated carbocycles. The van der Waals surface area contributed by atoms with Crippen LogP contribution in [0.1, 0.15) is 56.5 Å². The molecule has 7 nitrogen and oxygen atoms in total. The molecule has 1 fully saturated rings. The minimum Gasteiger partial charge on any atom is -0.391 e. The van der Waals surface area contributed by atoms with E-state index in [-0.39, 0.29) is 30.2 Å². The third kappa shape index (κ3) is 4.78. The van der Waals surface area contributed by atoms with Crippen molar-refractivity contribution in [3.63, 3.8) is 0 Å². The van der Waals surface area contributed by atoms with Gasteiger partial charge in [-0.3, -0.25) is 4.79 Å². The van der Waals surface area contributed by atoms with Crippen molar-refractivity contribution in [3.05, 3.63) is 77.4 Å². The largest absolute Gasteiger partial charge is 0.391 e. The van der Waals surface area contributed by atoms with Gasteiger partial charge in [0.15, 0.2) is 5.60 Å². The molecule has 1 amide bonds. The molecular formula is C29H32FN3O4. The smallest absolute Gasteiger partial charge is 0.234 e. The fourth-order valence-corrected chi connectivity index (χ4v) is 5.42. The summed E-state index contributed by atoms with van der Waals surface area (Å²) in [6.07, 6.45) is 0.227. The van der Waals surface area contributed by atoms with Gasteiger partial charge in [-0.1, -0.05) is 66.6 Å². The van der Waals surface area contributed by atoms with Gasteiger partial charge in [-0.25, -0.2) is 4.39 Å². The number of carbonyl (C=O) groups excluding carboxylic acids is 1. The number of hydrogen-bond donors (Lipinski definition) is 1. The van der Waals surface area contributed by atoms with E-state index in [0.29, 0.717) is 24.2 Å². The first-order valence-corrected chi connectivity index (χ1v) is 12.7. The summed E-state index contributed by atoms with van der Waals surface area (Å²) in [5.74, 6) is -0.373. The standard InChI is InChI=1S/C29H32FN3O4/c1-17(2)27(26-13-18(3)31-36-26)28(35)33-16-21(34)14-25(33)24-15-29(4,37-32-24)20-11-9-19(10-12-20)22-7-5-6-8-23(22)30/h5-13,17,21,25,27,34H,14-16H2,1-4H3/t21-,25+,27+,29+/m1/s1. The highest BCUT2D eigenvalue weighted by Gasteiger charge is 2.46. The third-order valence-corrected chi connectivity index (χ3v) is 7.40. The van der Waals surface area contributed by atoms with Crippen molar-refractivity contribution in [2.24, 2.45) is 11.1 Å². The van der Waals surface area contributed by atoms with Crippen LogP contribution in [0.25, 0.3) is 11.1 Å². The van der Waals surface area contributed by atoms with E-state index < -0.39 is 17.6 Å². The maximum atomic E-state index is 14.2. The Balaban J connectivity index is 1.35. The molecule has 4 atom stereocenters. The number of halogens is 1. The summed E-state index contributed by atoms with van der Waals surface area (Å²) in [4.78, 5) is 21.4. The van der Waals surface area contributed by atoms with Crippen molar-refractivity contribution < 1.29 is 23.7 Å². The molecule has 8 heteroatoms. The molecule has 3 heterocycles. The molecule has 2 aromatic carbocycles. The molecule has 0 bridgehead atoms. The number of hydrogen-bond acceptors (Lipinski definition) is 6. The number of aromatic nitrogens is 1. The lowest BCUT2D eigenvalue weighted by Gasteiger charge is -2.29. The number of likely N-dealkylation sites (tertiary alicyclic amines) is 1. The number of aliphatic hydroxyl groups is 1. The molecule has 0 spiro atoms. The monoisotopic (exact) mass is 505 g/mol. The van der Waals surface area contributed by atoms with Crippen LogP contribution >= 0.6 is 0 Å². The molecule has 2 aliphatic heterocycles. The van der Waals surface area contributed by atoms with Crippen LogP contribution in [0.3, 0.4) is 0 Å². The number of rotatable bonds is 6. The quantitative estimate of drug-likeness (QED) is 0.499. The van der Waals surface area contributed by atoms with E-state index in [1.165, 1.54) is 6.07 Å². The zero-order valence-electron chi connectivity index (χ0n) is 21.5. The van der Waals surface area contributed by atoms with Crippen molar-refractivity contribution in [1.29, 1.82) is 0 Å². The normalized spacial score (nSPS) is 24.3. The third-order valence-electron chi connectivity index (χ3n) is 7.40. The van der Waals surface area contributed by atoms with Crippen molar-refractivity contribution in [3.8, 4) is 11.1 Å². The Labute approximate surface area is 215 Å². The molecule has 2 aliphatic rings. The van der Waals surface area contributed by atoms with E-state index in [4.69, 9.17) is 9.36 Å². The van der Waals surface area contributed by atoms with E-state index in [1.807, 2.05) is 58.0 Å². The SMILES string of the molecule is Cc1cc([C@@H](C(=O)N2C[C@H](O)C[C@H]2C2=NO[C@](C)(c3ccc(-c4ccccc4F)cc3)C2)C(C)C)on1. The lowest BCUT2D eigenvalue weighted by Crippen LogP contribution is -2.44. The minimum absolute atomic E-state index is 0.0155. The number of aliphatic hydroxyl groups excluding tert-OH is 1. The highest BCUT2D eigenvalue weighted by atomic mass is 19.1. The van der Waals surface area contributed by atoms with Crippen molar-refractivity contribution in [1.82, 2.24) is 10.1 Å². The highest BCUT2D eigenvalue weighted by Crippen LogP contribution is 2.39. The predicted molar refractivity (Wildman–Crippen MR) is 137 cm³/mol. The molecule has 5 rings (SSSR count). The number of benzene rings is 2. The number of β-amino-alcohol motifs (C(OH)–C–C–N with tert-alkyl or cyclic N) is 1. The van der Waals surface area contributed by atoms with Crippen LogP contribution in [0.5, 0.6) is 0 Å². The molecule has 0 radical (unpaired) electrons. The van der Waals surface area contributed by atoms with Gasteiger partial charge in [0.1, 0.15) is 17.5 Å². The number of oxime groups is 1. The Bertz CT molecular complexity index is 1320. The number of nitrogens with zero attached hydrogens (tertiary/aromatic N) is 3. The Hall–Kier alpha value is -3.52. The van der Waals surface area contributed by atoms with Crippen molar-refractivity contribution >= 4 is 11.6 Å². The zero-order valence-corrected chi connectivity index (χ0v) is 21.5. The number of amides is 1. The van der Waals surface area contributed by atoms with E-state index in [2.05, 4.69) is 10.3 Å². The fourth-order valence-electron chi connectivity index (χ4n) is 5.42. The van der Waals surface area contributed by atoms with Gasteiger partial charge in [-0.15, -0.1) is 0 Å². The lowest BCUT2D eigenvalue weighted by atomic mass is 9.87. The second-order valence-corrected chi connectivity index (χ2v) is 10.6. The van der Waals surface area contributed by atoms with Gasteiger partial charge in [0.25, 0.3) is 0 Å². The predicted octanol–water partition coefficient (Wildman–Crippen LogP) is 5.18. The summed E-state index contributed by atoms with van der Waals surface area (Å²) in [6, 6.07) is 15.7. The Morgan fingerprint density at radius 1 is 1.19 bits per heavy atom. The summed E-state index contributed by atoms with van der Waals surface area (Å²) >= 11 is 0.